The Morgan fingerprint density at radius 3 is 2.23 bits per heavy atom. The fourth-order valence-electron chi connectivity index (χ4n) is 3.03. The molecule has 0 saturated carbocycles. The van der Waals surface area contributed by atoms with Crippen LogP contribution in [0.25, 0.3) is 22.6 Å². The van der Waals surface area contributed by atoms with E-state index in [9.17, 15) is 10.1 Å². The highest BCUT2D eigenvalue weighted by molar-refractivity contribution is 5.99. The van der Waals surface area contributed by atoms with E-state index < -0.39 is 4.92 Å². The summed E-state index contributed by atoms with van der Waals surface area (Å²) in [5, 5.41) is 15.4. The first-order valence-electron chi connectivity index (χ1n) is 9.65. The van der Waals surface area contributed by atoms with Crippen molar-refractivity contribution in [1.82, 2.24) is 9.97 Å². The number of hydrazone groups is 1. The van der Waals surface area contributed by atoms with Crippen molar-refractivity contribution < 1.29 is 4.92 Å². The van der Waals surface area contributed by atoms with E-state index in [1.807, 2.05) is 66.7 Å². The zero-order valence-electron chi connectivity index (χ0n) is 16.8. The van der Waals surface area contributed by atoms with Crippen LogP contribution in [0.5, 0.6) is 0 Å². The Labute approximate surface area is 179 Å². The number of nitrogens with zero attached hydrogens (tertiary/aromatic N) is 4. The van der Waals surface area contributed by atoms with Crippen molar-refractivity contribution in [2.24, 2.45) is 5.10 Å². The standard InChI is InChI=1S/C24H19N5O2/c1-17(20-13-8-14-21(15-20)29(30)31)27-28-23-16-22(18-9-4-2-5-10-18)25-24(26-23)19-11-6-3-7-12-19/h2-16H,1H3,(H,25,26,28)/b27-17+. The molecule has 4 aromatic rings. The number of aromatic nitrogens is 2. The normalized spacial score (nSPS) is 11.2. The molecule has 0 atom stereocenters. The van der Waals surface area contributed by atoms with E-state index in [0.717, 1.165) is 16.8 Å². The van der Waals surface area contributed by atoms with Gasteiger partial charge in [-0.15, -0.1) is 0 Å². The Kier molecular flexibility index (Phi) is 5.75. The smallest absolute Gasteiger partial charge is 0.261 e. The second-order valence-corrected chi connectivity index (χ2v) is 6.81. The number of nitrogens with one attached hydrogen (secondary N) is 1. The van der Waals surface area contributed by atoms with E-state index in [1.54, 1.807) is 19.1 Å². The van der Waals surface area contributed by atoms with Gasteiger partial charge in [0.1, 0.15) is 0 Å². The van der Waals surface area contributed by atoms with Gasteiger partial charge in [0.05, 0.1) is 16.3 Å². The fourth-order valence-corrected chi connectivity index (χ4v) is 3.03. The van der Waals surface area contributed by atoms with Gasteiger partial charge < -0.3 is 0 Å². The molecule has 0 aliphatic carbocycles. The number of rotatable bonds is 6. The van der Waals surface area contributed by atoms with E-state index in [4.69, 9.17) is 4.98 Å². The number of nitro groups is 1. The maximum absolute atomic E-state index is 11.0. The molecule has 31 heavy (non-hydrogen) atoms. The van der Waals surface area contributed by atoms with E-state index in [-0.39, 0.29) is 5.69 Å². The van der Waals surface area contributed by atoms with Crippen molar-refractivity contribution in [3.63, 3.8) is 0 Å². The van der Waals surface area contributed by atoms with Crippen LogP contribution in [-0.4, -0.2) is 20.6 Å². The third-order valence-electron chi connectivity index (χ3n) is 4.64. The molecule has 0 bridgehead atoms. The average molecular weight is 409 g/mol. The number of non-ortho nitro benzene ring substituents is 1. The van der Waals surface area contributed by atoms with Crippen LogP contribution in [0.2, 0.25) is 0 Å². The minimum absolute atomic E-state index is 0.0202. The van der Waals surface area contributed by atoms with Gasteiger partial charge >= 0.3 is 0 Å². The van der Waals surface area contributed by atoms with Crippen LogP contribution in [0, 0.1) is 10.1 Å². The lowest BCUT2D eigenvalue weighted by Gasteiger charge is -2.09. The number of hydrogen-bond acceptors (Lipinski definition) is 6. The van der Waals surface area contributed by atoms with E-state index in [0.29, 0.717) is 22.9 Å². The lowest BCUT2D eigenvalue weighted by molar-refractivity contribution is -0.384. The Morgan fingerprint density at radius 2 is 1.55 bits per heavy atom. The van der Waals surface area contributed by atoms with Gasteiger partial charge in [-0.2, -0.15) is 5.10 Å². The second kappa shape index (κ2) is 8.96. The summed E-state index contributed by atoms with van der Waals surface area (Å²) in [6, 6.07) is 27.7. The van der Waals surface area contributed by atoms with Crippen LogP contribution in [0.4, 0.5) is 11.5 Å². The Bertz CT molecular complexity index is 1180. The summed E-state index contributed by atoms with van der Waals surface area (Å²) < 4.78 is 0. The van der Waals surface area contributed by atoms with Crippen molar-refractivity contribution in [3.05, 3.63) is 107 Å². The summed E-state index contributed by atoms with van der Waals surface area (Å²) in [5.41, 5.74) is 6.87. The minimum atomic E-state index is -0.424. The van der Waals surface area contributed by atoms with E-state index in [2.05, 4.69) is 15.5 Å². The van der Waals surface area contributed by atoms with Gasteiger partial charge in [0.25, 0.3) is 5.69 Å². The summed E-state index contributed by atoms with van der Waals surface area (Å²) >= 11 is 0. The van der Waals surface area contributed by atoms with Crippen molar-refractivity contribution in [2.75, 3.05) is 5.43 Å². The lowest BCUT2D eigenvalue weighted by atomic mass is 10.1. The highest BCUT2D eigenvalue weighted by Gasteiger charge is 2.10. The van der Waals surface area contributed by atoms with Crippen LogP contribution in [0.15, 0.2) is 96.1 Å². The Hall–Kier alpha value is -4.39. The van der Waals surface area contributed by atoms with Crippen LogP contribution in [0.1, 0.15) is 12.5 Å². The molecule has 1 heterocycles. The summed E-state index contributed by atoms with van der Waals surface area (Å²) in [5.74, 6) is 1.10. The summed E-state index contributed by atoms with van der Waals surface area (Å²) in [6.45, 7) is 1.78. The topological polar surface area (TPSA) is 93.3 Å². The second-order valence-electron chi connectivity index (χ2n) is 6.81. The lowest BCUT2D eigenvalue weighted by Crippen LogP contribution is -2.03. The van der Waals surface area contributed by atoms with Crippen molar-refractivity contribution in [2.45, 2.75) is 6.92 Å². The zero-order chi connectivity index (χ0) is 21.6. The van der Waals surface area contributed by atoms with Crippen molar-refractivity contribution in [3.8, 4) is 22.6 Å². The maximum atomic E-state index is 11.0. The molecule has 0 saturated heterocycles. The number of hydrogen-bond donors (Lipinski definition) is 1. The van der Waals surface area contributed by atoms with E-state index in [1.165, 1.54) is 12.1 Å². The van der Waals surface area contributed by atoms with E-state index >= 15 is 0 Å². The first kappa shape index (κ1) is 19.9. The molecule has 0 aliphatic heterocycles. The molecule has 0 radical (unpaired) electrons. The maximum Gasteiger partial charge on any atom is 0.270 e. The molecule has 0 amide bonds. The molecule has 7 nitrogen and oxygen atoms in total. The first-order chi connectivity index (χ1) is 15.1. The van der Waals surface area contributed by atoms with Crippen molar-refractivity contribution in [1.29, 1.82) is 0 Å². The Balaban J connectivity index is 1.70. The first-order valence-corrected chi connectivity index (χ1v) is 9.65. The molecule has 0 unspecified atom stereocenters. The quantitative estimate of drug-likeness (QED) is 0.256. The zero-order valence-corrected chi connectivity index (χ0v) is 16.8. The largest absolute Gasteiger partial charge is 0.270 e. The number of benzene rings is 3. The third kappa shape index (κ3) is 4.79. The molecule has 1 aromatic heterocycles. The molecule has 4 rings (SSSR count). The number of anilines is 1. The molecular formula is C24H19N5O2. The molecule has 0 aliphatic rings. The molecule has 152 valence electrons. The third-order valence-corrected chi connectivity index (χ3v) is 4.64. The van der Waals surface area contributed by atoms with Gasteiger partial charge in [0, 0.05) is 34.9 Å². The molecular weight excluding hydrogens is 390 g/mol. The monoisotopic (exact) mass is 409 g/mol. The molecule has 3 aromatic carbocycles. The highest BCUT2D eigenvalue weighted by Crippen LogP contribution is 2.24. The van der Waals surface area contributed by atoms with Gasteiger partial charge in [-0.3, -0.25) is 15.5 Å². The highest BCUT2D eigenvalue weighted by atomic mass is 16.6. The average Bonchev–Trinajstić information content (AvgIpc) is 2.83. The number of nitro benzene ring substituents is 1. The fraction of sp³-hybridized carbons (Fsp3) is 0.0417. The predicted molar refractivity (Wildman–Crippen MR) is 122 cm³/mol. The summed E-state index contributed by atoms with van der Waals surface area (Å²) in [4.78, 5) is 19.9. The van der Waals surface area contributed by atoms with Crippen LogP contribution < -0.4 is 5.43 Å². The van der Waals surface area contributed by atoms with Gasteiger partial charge in [-0.05, 0) is 6.92 Å². The summed E-state index contributed by atoms with van der Waals surface area (Å²) in [7, 11) is 0. The molecule has 0 fully saturated rings. The van der Waals surface area contributed by atoms with Crippen LogP contribution in [0.3, 0.4) is 0 Å². The Morgan fingerprint density at radius 1 is 0.871 bits per heavy atom. The predicted octanol–water partition coefficient (Wildman–Crippen LogP) is 5.55. The minimum Gasteiger partial charge on any atom is -0.261 e. The van der Waals surface area contributed by atoms with Gasteiger partial charge in [-0.1, -0.05) is 72.8 Å². The molecule has 1 N–H and O–H groups in total. The SMILES string of the molecule is C/C(=N\Nc1cc(-c2ccccc2)nc(-c2ccccc2)n1)c1cccc([N+](=O)[O-])c1. The van der Waals surface area contributed by atoms with Crippen LogP contribution >= 0.6 is 0 Å². The van der Waals surface area contributed by atoms with Gasteiger partial charge in [0.2, 0.25) is 0 Å². The van der Waals surface area contributed by atoms with Crippen molar-refractivity contribution >= 4 is 17.2 Å². The van der Waals surface area contributed by atoms with Gasteiger partial charge in [0.15, 0.2) is 11.6 Å². The summed E-state index contributed by atoms with van der Waals surface area (Å²) in [6.07, 6.45) is 0. The van der Waals surface area contributed by atoms with Gasteiger partial charge in [-0.25, -0.2) is 9.97 Å². The molecule has 7 heteroatoms. The molecule has 0 spiro atoms. The van der Waals surface area contributed by atoms with Crippen LogP contribution in [-0.2, 0) is 0 Å².